The molecule has 0 aromatic rings. The van der Waals surface area contributed by atoms with E-state index in [1.165, 1.54) is 6.42 Å². The second kappa shape index (κ2) is 9.87. The van der Waals surface area contributed by atoms with E-state index < -0.39 is 19.0 Å². The highest BCUT2D eigenvalue weighted by atomic mass is 16.6. The maximum atomic E-state index is 12.0. The molecular formula is C14H27BN2O6. The summed E-state index contributed by atoms with van der Waals surface area (Å²) in [5, 5.41) is 19.9. The molecule has 2 rings (SSSR count). The van der Waals surface area contributed by atoms with Gasteiger partial charge in [-0.1, -0.05) is 19.3 Å². The maximum absolute atomic E-state index is 12.0. The van der Waals surface area contributed by atoms with Gasteiger partial charge in [0.2, 0.25) is 5.91 Å². The van der Waals surface area contributed by atoms with Crippen LogP contribution in [0.5, 0.6) is 0 Å². The van der Waals surface area contributed by atoms with Crippen molar-refractivity contribution in [3.05, 3.63) is 0 Å². The Morgan fingerprint density at radius 1 is 1.30 bits per heavy atom. The third-order valence-electron chi connectivity index (χ3n) is 3.87. The number of carboxylic acids is 1. The minimum atomic E-state index is -1.01. The molecule has 1 heterocycles. The maximum Gasteiger partial charge on any atom is 0.480 e. The van der Waals surface area contributed by atoms with Crippen LogP contribution in [0.4, 0.5) is 0 Å². The van der Waals surface area contributed by atoms with E-state index in [1.807, 2.05) is 0 Å². The molecule has 0 aromatic carbocycles. The summed E-state index contributed by atoms with van der Waals surface area (Å²) in [5.41, 5.74) is 5.86. The number of ether oxygens (including phenoxy) is 1. The van der Waals surface area contributed by atoms with Crippen LogP contribution >= 0.6 is 0 Å². The first kappa shape index (κ1) is 19.9. The SMILES string of the molecule is CC(=O)O.NC1(CC(=O)NC2COCCOB2O)CCCCC1. The average molecular weight is 330 g/mol. The van der Waals surface area contributed by atoms with Gasteiger partial charge >= 0.3 is 7.12 Å². The van der Waals surface area contributed by atoms with E-state index in [1.54, 1.807) is 0 Å². The van der Waals surface area contributed by atoms with E-state index >= 15 is 0 Å². The van der Waals surface area contributed by atoms with Gasteiger partial charge in [-0.3, -0.25) is 9.59 Å². The van der Waals surface area contributed by atoms with Crippen molar-refractivity contribution < 1.29 is 29.1 Å². The van der Waals surface area contributed by atoms with E-state index in [2.05, 4.69) is 5.32 Å². The highest BCUT2D eigenvalue weighted by Gasteiger charge is 2.34. The fraction of sp³-hybridized carbons (Fsp3) is 0.857. The van der Waals surface area contributed by atoms with Gasteiger partial charge in [0.15, 0.2) is 0 Å². The highest BCUT2D eigenvalue weighted by Crippen LogP contribution is 2.28. The van der Waals surface area contributed by atoms with Crippen molar-refractivity contribution in [2.75, 3.05) is 19.8 Å². The zero-order valence-corrected chi connectivity index (χ0v) is 13.6. The van der Waals surface area contributed by atoms with Crippen LogP contribution in [0.3, 0.4) is 0 Å². The summed E-state index contributed by atoms with van der Waals surface area (Å²) in [6.45, 7) is 2.13. The average Bonchev–Trinajstić information content (AvgIpc) is 2.63. The normalized spacial score (nSPS) is 24.0. The van der Waals surface area contributed by atoms with Gasteiger partial charge in [-0.25, -0.2) is 0 Å². The number of nitrogens with two attached hydrogens (primary N) is 1. The Kier molecular flexibility index (Phi) is 8.53. The Bertz CT molecular complexity index is 385. The Balaban J connectivity index is 0.000000593. The Morgan fingerprint density at radius 2 is 1.91 bits per heavy atom. The molecule has 5 N–H and O–H groups in total. The quantitative estimate of drug-likeness (QED) is 0.522. The molecule has 0 spiro atoms. The van der Waals surface area contributed by atoms with E-state index in [-0.39, 0.29) is 18.1 Å². The molecule has 1 atom stereocenters. The molecule has 2 aliphatic rings. The van der Waals surface area contributed by atoms with Gasteiger partial charge in [-0.15, -0.1) is 0 Å². The van der Waals surface area contributed by atoms with Crippen LogP contribution in [0.15, 0.2) is 0 Å². The molecule has 1 aliphatic heterocycles. The second-order valence-corrected chi connectivity index (χ2v) is 6.13. The first-order valence-electron chi connectivity index (χ1n) is 7.97. The number of carboxylic acid groups (broad SMARTS) is 1. The molecule has 1 unspecified atom stereocenters. The summed E-state index contributed by atoms with van der Waals surface area (Å²) < 4.78 is 10.4. The van der Waals surface area contributed by atoms with E-state index in [0.29, 0.717) is 19.6 Å². The number of aliphatic carboxylic acids is 1. The molecule has 0 bridgehead atoms. The predicted molar refractivity (Wildman–Crippen MR) is 84.6 cm³/mol. The minimum Gasteiger partial charge on any atom is -0.481 e. The zero-order valence-electron chi connectivity index (χ0n) is 13.6. The molecule has 1 saturated heterocycles. The summed E-state index contributed by atoms with van der Waals surface area (Å²) in [6, 6.07) is 0. The molecule has 8 nitrogen and oxygen atoms in total. The van der Waals surface area contributed by atoms with Crippen LogP contribution < -0.4 is 11.1 Å². The van der Waals surface area contributed by atoms with Crippen molar-refractivity contribution >= 4 is 19.0 Å². The van der Waals surface area contributed by atoms with Gasteiger partial charge in [0.25, 0.3) is 5.97 Å². The Hall–Kier alpha value is -1.16. The molecule has 23 heavy (non-hydrogen) atoms. The van der Waals surface area contributed by atoms with Crippen LogP contribution in [-0.4, -0.2) is 60.4 Å². The lowest BCUT2D eigenvalue weighted by atomic mass is 9.77. The lowest BCUT2D eigenvalue weighted by molar-refractivity contribution is -0.134. The number of rotatable bonds is 3. The van der Waals surface area contributed by atoms with E-state index in [9.17, 15) is 9.82 Å². The second-order valence-electron chi connectivity index (χ2n) is 6.13. The van der Waals surface area contributed by atoms with Crippen molar-refractivity contribution in [1.29, 1.82) is 0 Å². The number of carbonyl (C=O) groups excluding carboxylic acids is 1. The van der Waals surface area contributed by atoms with Crippen LogP contribution in [0.2, 0.25) is 0 Å². The third-order valence-corrected chi connectivity index (χ3v) is 3.87. The van der Waals surface area contributed by atoms with Gasteiger partial charge in [0.1, 0.15) is 0 Å². The van der Waals surface area contributed by atoms with Gasteiger partial charge in [-0.2, -0.15) is 0 Å². The van der Waals surface area contributed by atoms with E-state index in [4.69, 9.17) is 25.0 Å². The fourth-order valence-electron chi connectivity index (χ4n) is 2.76. The molecule has 9 heteroatoms. The summed E-state index contributed by atoms with van der Waals surface area (Å²) in [7, 11) is -1.01. The monoisotopic (exact) mass is 330 g/mol. The van der Waals surface area contributed by atoms with Crippen LogP contribution in [0.25, 0.3) is 0 Å². The smallest absolute Gasteiger partial charge is 0.480 e. The fourth-order valence-corrected chi connectivity index (χ4v) is 2.76. The van der Waals surface area contributed by atoms with Gasteiger partial charge in [-0.05, 0) is 12.8 Å². The van der Waals surface area contributed by atoms with Crippen LogP contribution in [-0.2, 0) is 19.0 Å². The standard InChI is InChI=1S/C12H23BN2O4.C2H4O2/c14-12(4-2-1-3-5-12)8-11(16)15-10-9-18-6-7-19-13(10)17;1-2(3)4/h10,17H,1-9,14H2,(H,15,16);1H3,(H,3,4). The third kappa shape index (κ3) is 8.31. The summed E-state index contributed by atoms with van der Waals surface area (Å²) in [6.07, 6.45) is 5.45. The minimum absolute atomic E-state index is 0.137. The molecule has 0 radical (unpaired) electrons. The van der Waals surface area contributed by atoms with Crippen LogP contribution in [0, 0.1) is 0 Å². The molecular weight excluding hydrogens is 303 g/mol. The number of hydrogen-bond donors (Lipinski definition) is 4. The highest BCUT2D eigenvalue weighted by molar-refractivity contribution is 6.45. The van der Waals surface area contributed by atoms with Crippen molar-refractivity contribution in [2.24, 2.45) is 5.73 Å². The molecule has 1 amide bonds. The number of hydrogen-bond acceptors (Lipinski definition) is 6. The summed E-state index contributed by atoms with van der Waals surface area (Å²) in [4.78, 5) is 21.0. The van der Waals surface area contributed by atoms with Crippen LogP contribution in [0.1, 0.15) is 45.4 Å². The molecule has 0 aromatic heterocycles. The number of nitrogens with one attached hydrogen (secondary N) is 1. The van der Waals surface area contributed by atoms with E-state index in [0.717, 1.165) is 32.6 Å². The zero-order chi connectivity index (χ0) is 17.3. The van der Waals surface area contributed by atoms with Crippen molar-refractivity contribution in [3.8, 4) is 0 Å². The molecule has 1 saturated carbocycles. The molecule has 132 valence electrons. The first-order chi connectivity index (χ1) is 10.8. The summed E-state index contributed by atoms with van der Waals surface area (Å²) in [5.74, 6) is -1.48. The topological polar surface area (TPSA) is 131 Å². The lowest BCUT2D eigenvalue weighted by Crippen LogP contribution is -2.53. The Labute approximate surface area is 136 Å². The van der Waals surface area contributed by atoms with Crippen molar-refractivity contribution in [3.63, 3.8) is 0 Å². The first-order valence-corrected chi connectivity index (χ1v) is 7.97. The molecule has 1 aliphatic carbocycles. The van der Waals surface area contributed by atoms with Gasteiger partial charge in [0, 0.05) is 18.9 Å². The molecule has 2 fully saturated rings. The predicted octanol–water partition coefficient (Wildman–Crippen LogP) is -0.320. The summed E-state index contributed by atoms with van der Waals surface area (Å²) >= 11 is 0. The van der Waals surface area contributed by atoms with Crippen molar-refractivity contribution in [2.45, 2.75) is 56.9 Å². The lowest BCUT2D eigenvalue weighted by Gasteiger charge is -2.33. The Morgan fingerprint density at radius 3 is 2.52 bits per heavy atom. The van der Waals surface area contributed by atoms with Crippen molar-refractivity contribution in [1.82, 2.24) is 5.32 Å². The van der Waals surface area contributed by atoms with Gasteiger partial charge < -0.3 is 30.6 Å². The largest absolute Gasteiger partial charge is 0.481 e. The number of amides is 1. The van der Waals surface area contributed by atoms with Gasteiger partial charge in [0.05, 0.1) is 25.8 Å². The number of carbonyl (C=O) groups is 2.